The zero-order chi connectivity index (χ0) is 16.0. The summed E-state index contributed by atoms with van der Waals surface area (Å²) in [6.45, 7) is 5.23. The van der Waals surface area contributed by atoms with Gasteiger partial charge in [-0.15, -0.1) is 0 Å². The Bertz CT molecular complexity index is 612. The molecule has 0 saturated carbocycles. The zero-order valence-corrected chi connectivity index (χ0v) is 13.4. The van der Waals surface area contributed by atoms with Crippen LogP contribution < -0.4 is 10.5 Å². The van der Waals surface area contributed by atoms with Crippen LogP contribution >= 0.6 is 0 Å². The number of nitrogens with two attached hydrogens (primary N) is 1. The Hall–Kier alpha value is -1.60. The second-order valence-corrected chi connectivity index (χ2v) is 6.23. The maximum absolute atomic E-state index is 12.4. The van der Waals surface area contributed by atoms with E-state index in [0.717, 1.165) is 5.56 Å². The van der Waals surface area contributed by atoms with Crippen LogP contribution in [-0.4, -0.2) is 27.5 Å². The van der Waals surface area contributed by atoms with Crippen LogP contribution in [0.2, 0.25) is 0 Å². The first kappa shape index (κ1) is 17.5. The Morgan fingerprint density at radius 2 is 1.90 bits per heavy atom. The summed E-state index contributed by atoms with van der Waals surface area (Å²) in [5, 5.41) is 0. The molecule has 0 amide bonds. The highest BCUT2D eigenvalue weighted by Crippen LogP contribution is 2.25. The van der Waals surface area contributed by atoms with Crippen LogP contribution in [0.4, 0.5) is 5.69 Å². The second-order valence-electron chi connectivity index (χ2n) is 4.50. The molecule has 0 aliphatic carbocycles. The SMILES string of the molecule is CCOC(=O)CNS(=O)(=O)c1cc(CC)cc(N)c1CC. The number of carbonyl (C=O) groups excluding carboxylic acids is 1. The van der Waals surface area contributed by atoms with Gasteiger partial charge in [-0.1, -0.05) is 13.8 Å². The quantitative estimate of drug-likeness (QED) is 0.583. The number of ether oxygens (including phenoxy) is 1. The number of hydrogen-bond donors (Lipinski definition) is 2. The van der Waals surface area contributed by atoms with Crippen molar-refractivity contribution < 1.29 is 17.9 Å². The van der Waals surface area contributed by atoms with Crippen LogP contribution in [0.25, 0.3) is 0 Å². The number of benzene rings is 1. The first-order chi connectivity index (χ1) is 9.85. The average Bonchev–Trinajstić information content (AvgIpc) is 2.44. The third-order valence-corrected chi connectivity index (χ3v) is 4.53. The maximum Gasteiger partial charge on any atom is 0.321 e. The molecule has 1 aromatic rings. The predicted octanol–water partition coefficient (Wildman–Crippen LogP) is 1.23. The van der Waals surface area contributed by atoms with Gasteiger partial charge >= 0.3 is 5.97 Å². The molecule has 0 spiro atoms. The summed E-state index contributed by atoms with van der Waals surface area (Å²) in [4.78, 5) is 11.4. The molecule has 0 radical (unpaired) electrons. The van der Waals surface area contributed by atoms with Crippen molar-refractivity contribution in [2.24, 2.45) is 0 Å². The van der Waals surface area contributed by atoms with Gasteiger partial charge in [-0.25, -0.2) is 8.42 Å². The molecule has 21 heavy (non-hydrogen) atoms. The first-order valence-electron chi connectivity index (χ1n) is 6.92. The number of carbonyl (C=O) groups is 1. The lowest BCUT2D eigenvalue weighted by atomic mass is 10.1. The summed E-state index contributed by atoms with van der Waals surface area (Å²) in [7, 11) is -3.80. The predicted molar refractivity (Wildman–Crippen MR) is 81.4 cm³/mol. The summed E-state index contributed by atoms with van der Waals surface area (Å²) in [6, 6.07) is 3.38. The standard InChI is InChI=1S/C14H22N2O4S/c1-4-10-7-12(15)11(5-2)13(8-10)21(18,19)16-9-14(17)20-6-3/h7-8,16H,4-6,9,15H2,1-3H3. The molecular formula is C14H22N2O4S. The third-order valence-electron chi connectivity index (χ3n) is 3.07. The van der Waals surface area contributed by atoms with Crippen molar-refractivity contribution in [2.75, 3.05) is 18.9 Å². The highest BCUT2D eigenvalue weighted by Gasteiger charge is 2.21. The fourth-order valence-electron chi connectivity index (χ4n) is 1.99. The summed E-state index contributed by atoms with van der Waals surface area (Å²) < 4.78 is 31.7. The van der Waals surface area contributed by atoms with Gasteiger partial charge in [-0.2, -0.15) is 4.72 Å². The van der Waals surface area contributed by atoms with Gasteiger partial charge in [0, 0.05) is 5.69 Å². The third kappa shape index (κ3) is 4.44. The van der Waals surface area contributed by atoms with Gasteiger partial charge in [0.25, 0.3) is 0 Å². The molecule has 3 N–H and O–H groups in total. The van der Waals surface area contributed by atoms with Crippen LogP contribution in [-0.2, 0) is 32.4 Å². The van der Waals surface area contributed by atoms with Crippen LogP contribution in [0.15, 0.2) is 17.0 Å². The summed E-state index contributed by atoms with van der Waals surface area (Å²) in [5.74, 6) is -0.612. The van der Waals surface area contributed by atoms with Gasteiger partial charge in [-0.05, 0) is 43.0 Å². The first-order valence-corrected chi connectivity index (χ1v) is 8.40. The molecule has 0 aliphatic heterocycles. The number of nitrogens with one attached hydrogen (secondary N) is 1. The Balaban J connectivity index is 3.12. The summed E-state index contributed by atoms with van der Waals surface area (Å²) >= 11 is 0. The Morgan fingerprint density at radius 3 is 2.43 bits per heavy atom. The van der Waals surface area contributed by atoms with Gasteiger partial charge in [0.2, 0.25) is 10.0 Å². The van der Waals surface area contributed by atoms with Crippen LogP contribution in [0.1, 0.15) is 31.9 Å². The lowest BCUT2D eigenvalue weighted by Gasteiger charge is -2.14. The van der Waals surface area contributed by atoms with Crippen molar-refractivity contribution in [3.05, 3.63) is 23.3 Å². The Kier molecular flexibility index (Phi) is 6.17. The van der Waals surface area contributed by atoms with Gasteiger partial charge in [0.1, 0.15) is 6.54 Å². The minimum Gasteiger partial charge on any atom is -0.465 e. The van der Waals surface area contributed by atoms with E-state index >= 15 is 0 Å². The van der Waals surface area contributed by atoms with Crippen LogP contribution in [0.5, 0.6) is 0 Å². The average molecular weight is 314 g/mol. The van der Waals surface area contributed by atoms with Crippen LogP contribution in [0, 0.1) is 0 Å². The van der Waals surface area contributed by atoms with E-state index in [1.807, 2.05) is 13.8 Å². The molecule has 0 aliphatic rings. The minimum absolute atomic E-state index is 0.131. The number of nitrogen functional groups attached to an aromatic ring is 1. The fourth-order valence-corrected chi connectivity index (χ4v) is 3.35. The largest absolute Gasteiger partial charge is 0.465 e. The van der Waals surface area contributed by atoms with E-state index in [4.69, 9.17) is 10.5 Å². The van der Waals surface area contributed by atoms with E-state index in [2.05, 4.69) is 4.72 Å². The number of esters is 1. The lowest BCUT2D eigenvalue weighted by Crippen LogP contribution is -2.31. The molecule has 0 fully saturated rings. The zero-order valence-electron chi connectivity index (χ0n) is 12.6. The monoisotopic (exact) mass is 314 g/mol. The molecule has 0 atom stereocenters. The summed E-state index contributed by atoms with van der Waals surface area (Å²) in [5.41, 5.74) is 7.77. The molecule has 0 bridgehead atoms. The summed E-state index contributed by atoms with van der Waals surface area (Å²) in [6.07, 6.45) is 1.17. The Morgan fingerprint density at radius 1 is 1.24 bits per heavy atom. The van der Waals surface area contributed by atoms with Crippen molar-refractivity contribution in [1.29, 1.82) is 0 Å². The molecule has 0 aromatic heterocycles. The number of hydrogen-bond acceptors (Lipinski definition) is 5. The van der Waals surface area contributed by atoms with E-state index in [1.54, 1.807) is 19.1 Å². The highest BCUT2D eigenvalue weighted by molar-refractivity contribution is 7.89. The Labute approximate surface area is 125 Å². The van der Waals surface area contributed by atoms with E-state index in [9.17, 15) is 13.2 Å². The topological polar surface area (TPSA) is 98.5 Å². The van der Waals surface area contributed by atoms with E-state index in [0.29, 0.717) is 24.1 Å². The number of sulfonamides is 1. The number of anilines is 1. The lowest BCUT2D eigenvalue weighted by molar-refractivity contribution is -0.141. The maximum atomic E-state index is 12.4. The van der Waals surface area contributed by atoms with Gasteiger partial charge in [0.15, 0.2) is 0 Å². The molecule has 7 heteroatoms. The molecular weight excluding hydrogens is 292 g/mol. The molecule has 0 heterocycles. The molecule has 0 unspecified atom stereocenters. The van der Waals surface area contributed by atoms with Crippen molar-refractivity contribution in [3.8, 4) is 0 Å². The fraction of sp³-hybridized carbons (Fsp3) is 0.500. The second kappa shape index (κ2) is 7.42. The van der Waals surface area contributed by atoms with Gasteiger partial charge in [0.05, 0.1) is 11.5 Å². The van der Waals surface area contributed by atoms with Gasteiger partial charge < -0.3 is 10.5 Å². The number of aryl methyl sites for hydroxylation is 1. The molecule has 1 rings (SSSR count). The van der Waals surface area contributed by atoms with Crippen molar-refractivity contribution >= 4 is 21.7 Å². The molecule has 118 valence electrons. The van der Waals surface area contributed by atoms with E-state index < -0.39 is 22.5 Å². The van der Waals surface area contributed by atoms with Crippen LogP contribution in [0.3, 0.4) is 0 Å². The highest BCUT2D eigenvalue weighted by atomic mass is 32.2. The molecule has 1 aromatic carbocycles. The van der Waals surface area contributed by atoms with Crippen molar-refractivity contribution in [3.63, 3.8) is 0 Å². The van der Waals surface area contributed by atoms with Crippen molar-refractivity contribution in [2.45, 2.75) is 38.5 Å². The van der Waals surface area contributed by atoms with E-state index in [1.165, 1.54) is 0 Å². The normalized spacial score (nSPS) is 11.4. The van der Waals surface area contributed by atoms with Gasteiger partial charge in [-0.3, -0.25) is 4.79 Å². The minimum atomic E-state index is -3.80. The van der Waals surface area contributed by atoms with E-state index in [-0.39, 0.29) is 11.5 Å². The molecule has 0 saturated heterocycles. The van der Waals surface area contributed by atoms with Crippen molar-refractivity contribution in [1.82, 2.24) is 4.72 Å². The number of rotatable bonds is 7. The molecule has 6 nitrogen and oxygen atoms in total. The smallest absolute Gasteiger partial charge is 0.321 e.